The summed E-state index contributed by atoms with van der Waals surface area (Å²) in [4.78, 5) is 0. The average molecular weight is 286 g/mol. The van der Waals surface area contributed by atoms with E-state index in [1.807, 2.05) is 13.8 Å². The predicted molar refractivity (Wildman–Crippen MR) is 73.2 cm³/mol. The zero-order valence-corrected chi connectivity index (χ0v) is 12.5. The fourth-order valence-corrected chi connectivity index (χ4v) is 3.71. The number of nitrogens with one attached hydrogen (secondary N) is 3. The summed E-state index contributed by atoms with van der Waals surface area (Å²) in [7, 11) is -1.76. The molecule has 0 aromatic carbocycles. The van der Waals surface area contributed by atoms with Gasteiger partial charge in [-0.2, -0.15) is 5.10 Å². The zero-order valence-electron chi connectivity index (χ0n) is 11.7. The van der Waals surface area contributed by atoms with Crippen LogP contribution in [0.3, 0.4) is 0 Å². The third-order valence-electron chi connectivity index (χ3n) is 3.38. The van der Waals surface area contributed by atoms with E-state index >= 15 is 0 Å². The van der Waals surface area contributed by atoms with Gasteiger partial charge in [0.2, 0.25) is 0 Å². The molecule has 1 aromatic rings. The number of nitrogens with zero attached hydrogens (tertiary/aromatic N) is 1. The van der Waals surface area contributed by atoms with Crippen LogP contribution >= 0.6 is 0 Å². The number of sulfonamides is 1. The Bertz CT molecular complexity index is 534. The van der Waals surface area contributed by atoms with Crippen LogP contribution < -0.4 is 10.0 Å². The lowest BCUT2D eigenvalue weighted by Crippen LogP contribution is -2.34. The summed E-state index contributed by atoms with van der Waals surface area (Å²) in [5, 5.41) is 9.76. The Balaban J connectivity index is 2.13. The molecule has 1 aliphatic carbocycles. The molecule has 0 radical (unpaired) electrons. The van der Waals surface area contributed by atoms with Gasteiger partial charge in [-0.3, -0.25) is 5.10 Å². The predicted octanol–water partition coefficient (Wildman–Crippen LogP) is 0.904. The molecule has 0 bridgehead atoms. The molecule has 1 fully saturated rings. The zero-order chi connectivity index (χ0) is 14.0. The van der Waals surface area contributed by atoms with E-state index in [2.05, 4.69) is 20.2 Å². The first-order valence-electron chi connectivity index (χ1n) is 6.64. The molecular weight excluding hydrogens is 264 g/mol. The van der Waals surface area contributed by atoms with E-state index in [1.165, 1.54) is 12.8 Å². The fraction of sp³-hybridized carbons (Fsp3) is 0.750. The van der Waals surface area contributed by atoms with Crippen molar-refractivity contribution in [3.05, 3.63) is 11.3 Å². The van der Waals surface area contributed by atoms with Crippen molar-refractivity contribution in [3.8, 4) is 0 Å². The highest BCUT2D eigenvalue weighted by Gasteiger charge is 2.28. The van der Waals surface area contributed by atoms with Crippen LogP contribution in [0.15, 0.2) is 5.03 Å². The SMILES string of the molecule is CNCc1c(S(=O)(=O)NC(C)CC2CC2)n[nH]c1C. The maximum Gasteiger partial charge on any atom is 0.260 e. The summed E-state index contributed by atoms with van der Waals surface area (Å²) in [6.07, 6.45) is 3.35. The van der Waals surface area contributed by atoms with E-state index in [0.29, 0.717) is 18.0 Å². The van der Waals surface area contributed by atoms with Crippen molar-refractivity contribution in [1.29, 1.82) is 0 Å². The Morgan fingerprint density at radius 1 is 1.47 bits per heavy atom. The summed E-state index contributed by atoms with van der Waals surface area (Å²) in [5.74, 6) is 0.690. The first-order valence-corrected chi connectivity index (χ1v) is 8.13. The lowest BCUT2D eigenvalue weighted by molar-refractivity contribution is 0.526. The molecule has 1 aromatic heterocycles. The van der Waals surface area contributed by atoms with E-state index in [0.717, 1.165) is 12.1 Å². The van der Waals surface area contributed by atoms with Crippen LogP contribution in [0.2, 0.25) is 0 Å². The summed E-state index contributed by atoms with van der Waals surface area (Å²) in [6, 6.07) is -0.0445. The molecule has 0 spiro atoms. The molecule has 2 rings (SSSR count). The summed E-state index contributed by atoms with van der Waals surface area (Å²) in [6.45, 7) is 4.22. The standard InChI is InChI=1S/C12H22N4O2S/c1-8(6-10-4-5-10)16-19(17,18)12-11(7-13-3)9(2)14-15-12/h8,10,13,16H,4-7H2,1-3H3,(H,14,15). The second-order valence-electron chi connectivity index (χ2n) is 5.36. The molecule has 0 aliphatic heterocycles. The molecule has 0 amide bonds. The maximum absolute atomic E-state index is 12.3. The fourth-order valence-electron chi connectivity index (χ4n) is 2.26. The third kappa shape index (κ3) is 3.55. The molecule has 1 aliphatic rings. The van der Waals surface area contributed by atoms with Gasteiger partial charge in [0, 0.05) is 23.8 Å². The molecule has 0 saturated heterocycles. The molecule has 1 heterocycles. The van der Waals surface area contributed by atoms with E-state index in [9.17, 15) is 8.42 Å². The average Bonchev–Trinajstić information content (AvgIpc) is 3.02. The molecule has 19 heavy (non-hydrogen) atoms. The van der Waals surface area contributed by atoms with Gasteiger partial charge < -0.3 is 5.32 Å². The van der Waals surface area contributed by atoms with Gasteiger partial charge in [0.15, 0.2) is 5.03 Å². The number of aromatic nitrogens is 2. The van der Waals surface area contributed by atoms with Gasteiger partial charge in [-0.1, -0.05) is 12.8 Å². The molecule has 3 N–H and O–H groups in total. The highest BCUT2D eigenvalue weighted by atomic mass is 32.2. The molecule has 108 valence electrons. The van der Waals surface area contributed by atoms with Gasteiger partial charge in [-0.25, -0.2) is 13.1 Å². The van der Waals surface area contributed by atoms with Crippen LogP contribution in [0.4, 0.5) is 0 Å². The van der Waals surface area contributed by atoms with Crippen molar-refractivity contribution in [2.75, 3.05) is 7.05 Å². The summed E-state index contributed by atoms with van der Waals surface area (Å²) in [5.41, 5.74) is 1.48. The lowest BCUT2D eigenvalue weighted by Gasteiger charge is -2.13. The van der Waals surface area contributed by atoms with Crippen LogP contribution in [-0.2, 0) is 16.6 Å². The monoisotopic (exact) mass is 286 g/mol. The molecule has 1 saturated carbocycles. The van der Waals surface area contributed by atoms with E-state index in [4.69, 9.17) is 0 Å². The Kier molecular flexibility index (Phi) is 4.27. The lowest BCUT2D eigenvalue weighted by atomic mass is 10.2. The van der Waals surface area contributed by atoms with Gasteiger partial charge in [0.05, 0.1) is 0 Å². The number of aryl methyl sites for hydroxylation is 1. The number of H-pyrrole nitrogens is 1. The first kappa shape index (κ1) is 14.5. The minimum Gasteiger partial charge on any atom is -0.316 e. The number of hydrogen-bond donors (Lipinski definition) is 3. The summed E-state index contributed by atoms with van der Waals surface area (Å²) < 4.78 is 27.4. The normalized spacial score (nSPS) is 17.6. The minimum absolute atomic E-state index is 0.0445. The highest BCUT2D eigenvalue weighted by molar-refractivity contribution is 7.89. The smallest absolute Gasteiger partial charge is 0.260 e. The Morgan fingerprint density at radius 3 is 2.74 bits per heavy atom. The Morgan fingerprint density at radius 2 is 2.16 bits per heavy atom. The molecule has 1 unspecified atom stereocenters. The molecule has 1 atom stereocenters. The van der Waals surface area contributed by atoms with Gasteiger partial charge in [-0.05, 0) is 33.2 Å². The van der Waals surface area contributed by atoms with Crippen LogP contribution in [0.5, 0.6) is 0 Å². The third-order valence-corrected chi connectivity index (χ3v) is 4.94. The number of aromatic amines is 1. The first-order chi connectivity index (χ1) is 8.94. The van der Waals surface area contributed by atoms with Gasteiger partial charge in [-0.15, -0.1) is 0 Å². The number of rotatable bonds is 7. The van der Waals surface area contributed by atoms with Crippen molar-refractivity contribution in [2.24, 2.45) is 5.92 Å². The minimum atomic E-state index is -3.54. The quantitative estimate of drug-likeness (QED) is 0.695. The van der Waals surface area contributed by atoms with Crippen molar-refractivity contribution in [1.82, 2.24) is 20.2 Å². The second kappa shape index (κ2) is 5.60. The van der Waals surface area contributed by atoms with Crippen molar-refractivity contribution >= 4 is 10.0 Å². The second-order valence-corrected chi connectivity index (χ2v) is 6.99. The van der Waals surface area contributed by atoms with E-state index in [1.54, 1.807) is 7.05 Å². The van der Waals surface area contributed by atoms with Crippen LogP contribution in [0.1, 0.15) is 37.4 Å². The molecule has 7 heteroatoms. The Hall–Kier alpha value is -0.920. The van der Waals surface area contributed by atoms with Crippen molar-refractivity contribution in [2.45, 2.75) is 50.7 Å². The summed E-state index contributed by atoms with van der Waals surface area (Å²) >= 11 is 0. The molecule has 6 nitrogen and oxygen atoms in total. The Labute approximate surface area is 114 Å². The van der Waals surface area contributed by atoms with Crippen molar-refractivity contribution < 1.29 is 8.42 Å². The van der Waals surface area contributed by atoms with Gasteiger partial charge in [0.25, 0.3) is 10.0 Å². The van der Waals surface area contributed by atoms with Gasteiger partial charge >= 0.3 is 0 Å². The van der Waals surface area contributed by atoms with Crippen LogP contribution in [0.25, 0.3) is 0 Å². The van der Waals surface area contributed by atoms with E-state index in [-0.39, 0.29) is 11.1 Å². The van der Waals surface area contributed by atoms with Gasteiger partial charge in [0.1, 0.15) is 0 Å². The largest absolute Gasteiger partial charge is 0.316 e. The van der Waals surface area contributed by atoms with E-state index < -0.39 is 10.0 Å². The van der Waals surface area contributed by atoms with Crippen molar-refractivity contribution in [3.63, 3.8) is 0 Å². The maximum atomic E-state index is 12.3. The van der Waals surface area contributed by atoms with Crippen LogP contribution in [-0.4, -0.2) is 31.7 Å². The van der Waals surface area contributed by atoms with Crippen LogP contribution in [0, 0.1) is 12.8 Å². The highest BCUT2D eigenvalue weighted by Crippen LogP contribution is 2.33. The molecular formula is C12H22N4O2S. The number of hydrogen-bond acceptors (Lipinski definition) is 4. The topological polar surface area (TPSA) is 86.9 Å².